The van der Waals surface area contributed by atoms with E-state index in [4.69, 9.17) is 9.15 Å². The van der Waals surface area contributed by atoms with Crippen molar-refractivity contribution in [3.8, 4) is 0 Å². The highest BCUT2D eigenvalue weighted by molar-refractivity contribution is 5.92. The summed E-state index contributed by atoms with van der Waals surface area (Å²) >= 11 is 0. The summed E-state index contributed by atoms with van der Waals surface area (Å²) < 4.78 is 10.5. The van der Waals surface area contributed by atoms with Crippen LogP contribution in [-0.4, -0.2) is 42.1 Å². The number of aryl methyl sites for hydroxylation is 1. The zero-order valence-electron chi connectivity index (χ0n) is 14.3. The van der Waals surface area contributed by atoms with Crippen LogP contribution < -0.4 is 0 Å². The van der Waals surface area contributed by atoms with Gasteiger partial charge in [-0.2, -0.15) is 0 Å². The third kappa shape index (κ3) is 3.44. The number of benzene rings is 1. The van der Waals surface area contributed by atoms with Crippen LogP contribution in [0.25, 0.3) is 0 Å². The second-order valence-corrected chi connectivity index (χ2v) is 6.32. The summed E-state index contributed by atoms with van der Waals surface area (Å²) in [5, 5.41) is 9.60. The fraction of sp³-hybridized carbons (Fsp3) is 0.368. The Morgan fingerprint density at radius 3 is 2.68 bits per heavy atom. The van der Waals surface area contributed by atoms with Crippen molar-refractivity contribution in [2.45, 2.75) is 19.4 Å². The lowest BCUT2D eigenvalue weighted by Crippen LogP contribution is -2.29. The maximum atomic E-state index is 12.7. The number of likely N-dealkylation sites (tertiary alicyclic amines) is 1. The van der Waals surface area contributed by atoms with Gasteiger partial charge in [0, 0.05) is 26.1 Å². The summed E-state index contributed by atoms with van der Waals surface area (Å²) in [7, 11) is 1.55. The molecule has 2 atom stereocenters. The van der Waals surface area contributed by atoms with E-state index in [2.05, 4.69) is 0 Å². The Balaban J connectivity index is 1.83. The molecule has 1 aromatic carbocycles. The Kier molecular flexibility index (Phi) is 4.90. The molecule has 3 rings (SSSR count). The van der Waals surface area contributed by atoms with Gasteiger partial charge in [-0.3, -0.25) is 9.59 Å². The van der Waals surface area contributed by atoms with Crippen LogP contribution in [0, 0.1) is 12.8 Å². The molecule has 0 spiro atoms. The van der Waals surface area contributed by atoms with Gasteiger partial charge in [0.05, 0.1) is 5.92 Å². The molecule has 1 fully saturated rings. The van der Waals surface area contributed by atoms with E-state index < -0.39 is 11.9 Å². The van der Waals surface area contributed by atoms with Crippen LogP contribution in [0.15, 0.2) is 40.8 Å². The van der Waals surface area contributed by atoms with Gasteiger partial charge >= 0.3 is 5.97 Å². The molecule has 0 bridgehead atoms. The highest BCUT2D eigenvalue weighted by Gasteiger charge is 2.41. The van der Waals surface area contributed by atoms with Crippen molar-refractivity contribution in [3.05, 3.63) is 59.0 Å². The molecule has 132 valence electrons. The lowest BCUT2D eigenvalue weighted by molar-refractivity contribution is -0.141. The first-order valence-electron chi connectivity index (χ1n) is 8.16. The molecular formula is C19H21NO5. The van der Waals surface area contributed by atoms with Crippen molar-refractivity contribution in [1.82, 2.24) is 4.90 Å². The standard InChI is InChI=1S/C19H21NO5/c1-12-5-3-4-6-14(12)15-9-20(10-16(15)19(22)23)18(21)17-8-7-13(25-17)11-24-2/h3-8,15-16H,9-11H2,1-2H3,(H,22,23)/t15-,16+/m0/s1. The van der Waals surface area contributed by atoms with E-state index in [0.29, 0.717) is 12.3 Å². The van der Waals surface area contributed by atoms with Gasteiger partial charge in [0.25, 0.3) is 5.91 Å². The molecule has 2 heterocycles. The summed E-state index contributed by atoms with van der Waals surface area (Å²) in [6.07, 6.45) is 0. The van der Waals surface area contributed by atoms with Gasteiger partial charge in [0.1, 0.15) is 12.4 Å². The number of carbonyl (C=O) groups excluding carboxylic acids is 1. The van der Waals surface area contributed by atoms with Crippen LogP contribution in [0.2, 0.25) is 0 Å². The first-order valence-corrected chi connectivity index (χ1v) is 8.16. The van der Waals surface area contributed by atoms with E-state index in [1.165, 1.54) is 0 Å². The first-order chi connectivity index (χ1) is 12.0. The lowest BCUT2D eigenvalue weighted by Gasteiger charge is -2.17. The van der Waals surface area contributed by atoms with E-state index >= 15 is 0 Å². The predicted molar refractivity (Wildman–Crippen MR) is 90.4 cm³/mol. The average Bonchev–Trinajstić information content (AvgIpc) is 3.22. The highest BCUT2D eigenvalue weighted by Crippen LogP contribution is 2.35. The van der Waals surface area contributed by atoms with Gasteiger partial charge in [-0.25, -0.2) is 0 Å². The Morgan fingerprint density at radius 2 is 2.00 bits per heavy atom. The normalized spacial score (nSPS) is 20.0. The van der Waals surface area contributed by atoms with Gasteiger partial charge in [-0.05, 0) is 30.2 Å². The first kappa shape index (κ1) is 17.2. The van der Waals surface area contributed by atoms with Gasteiger partial charge < -0.3 is 19.2 Å². The van der Waals surface area contributed by atoms with Crippen LogP contribution in [0.5, 0.6) is 0 Å². The summed E-state index contributed by atoms with van der Waals surface area (Å²) in [5.74, 6) is -1.25. The van der Waals surface area contributed by atoms with Crippen molar-refractivity contribution in [3.63, 3.8) is 0 Å². The number of aliphatic carboxylic acids is 1. The number of nitrogens with zero attached hydrogens (tertiary/aromatic N) is 1. The number of amides is 1. The van der Waals surface area contributed by atoms with Crippen molar-refractivity contribution in [1.29, 1.82) is 0 Å². The second-order valence-electron chi connectivity index (χ2n) is 6.32. The maximum Gasteiger partial charge on any atom is 0.308 e. The molecular weight excluding hydrogens is 322 g/mol. The Labute approximate surface area is 146 Å². The summed E-state index contributed by atoms with van der Waals surface area (Å²) in [6.45, 7) is 2.79. The topological polar surface area (TPSA) is 80.0 Å². The van der Waals surface area contributed by atoms with E-state index in [1.54, 1.807) is 24.1 Å². The van der Waals surface area contributed by atoms with E-state index in [0.717, 1.165) is 11.1 Å². The minimum atomic E-state index is -0.886. The SMILES string of the molecule is COCc1ccc(C(=O)N2C[C@@H](C(=O)O)[C@H](c3ccccc3C)C2)o1. The third-order valence-corrected chi connectivity index (χ3v) is 4.67. The number of hydrogen-bond donors (Lipinski definition) is 1. The summed E-state index contributed by atoms with van der Waals surface area (Å²) in [5.41, 5.74) is 2.01. The molecule has 0 radical (unpaired) electrons. The molecule has 1 N–H and O–H groups in total. The van der Waals surface area contributed by atoms with Crippen molar-refractivity contribution in [2.75, 3.05) is 20.2 Å². The minimum Gasteiger partial charge on any atom is -0.481 e. The van der Waals surface area contributed by atoms with Gasteiger partial charge in [-0.15, -0.1) is 0 Å². The number of carboxylic acids is 1. The molecule has 6 heteroatoms. The number of carboxylic acid groups (broad SMARTS) is 1. The van der Waals surface area contributed by atoms with Gasteiger partial charge in [0.15, 0.2) is 5.76 Å². The number of ether oxygens (including phenoxy) is 1. The zero-order valence-corrected chi connectivity index (χ0v) is 14.3. The van der Waals surface area contributed by atoms with Crippen LogP contribution in [0.3, 0.4) is 0 Å². The summed E-state index contributed by atoms with van der Waals surface area (Å²) in [6, 6.07) is 11.0. The molecule has 6 nitrogen and oxygen atoms in total. The molecule has 1 aromatic heterocycles. The van der Waals surface area contributed by atoms with Crippen LogP contribution in [-0.2, 0) is 16.1 Å². The average molecular weight is 343 g/mol. The van der Waals surface area contributed by atoms with Crippen molar-refractivity contribution >= 4 is 11.9 Å². The summed E-state index contributed by atoms with van der Waals surface area (Å²) in [4.78, 5) is 26.0. The fourth-order valence-corrected chi connectivity index (χ4v) is 3.41. The van der Waals surface area contributed by atoms with Crippen LogP contribution >= 0.6 is 0 Å². The number of hydrogen-bond acceptors (Lipinski definition) is 4. The lowest BCUT2D eigenvalue weighted by atomic mass is 9.86. The third-order valence-electron chi connectivity index (χ3n) is 4.67. The molecule has 1 amide bonds. The molecule has 2 aromatic rings. The molecule has 1 saturated heterocycles. The molecule has 25 heavy (non-hydrogen) atoms. The fourth-order valence-electron chi connectivity index (χ4n) is 3.41. The monoisotopic (exact) mass is 343 g/mol. The molecule has 0 aliphatic carbocycles. The number of furan rings is 1. The van der Waals surface area contributed by atoms with E-state index in [9.17, 15) is 14.7 Å². The predicted octanol–water partition coefficient (Wildman–Crippen LogP) is 2.67. The number of rotatable bonds is 5. The Hall–Kier alpha value is -2.60. The molecule has 1 aliphatic rings. The zero-order chi connectivity index (χ0) is 18.0. The van der Waals surface area contributed by atoms with Crippen LogP contribution in [0.4, 0.5) is 0 Å². The van der Waals surface area contributed by atoms with Crippen molar-refractivity contribution in [2.24, 2.45) is 5.92 Å². The Bertz CT molecular complexity index is 782. The highest BCUT2D eigenvalue weighted by atomic mass is 16.5. The molecule has 0 saturated carbocycles. The molecule has 0 unspecified atom stereocenters. The van der Waals surface area contributed by atoms with E-state index in [-0.39, 0.29) is 30.7 Å². The molecule has 1 aliphatic heterocycles. The smallest absolute Gasteiger partial charge is 0.308 e. The number of carbonyl (C=O) groups is 2. The van der Waals surface area contributed by atoms with Gasteiger partial charge in [-0.1, -0.05) is 24.3 Å². The quantitative estimate of drug-likeness (QED) is 0.903. The Morgan fingerprint density at radius 1 is 1.24 bits per heavy atom. The second kappa shape index (κ2) is 7.11. The maximum absolute atomic E-state index is 12.7. The van der Waals surface area contributed by atoms with E-state index in [1.807, 2.05) is 31.2 Å². The van der Waals surface area contributed by atoms with Crippen molar-refractivity contribution < 1.29 is 23.8 Å². The van der Waals surface area contributed by atoms with Gasteiger partial charge in [0.2, 0.25) is 0 Å². The largest absolute Gasteiger partial charge is 0.481 e. The minimum absolute atomic E-state index is 0.174. The van der Waals surface area contributed by atoms with Crippen LogP contribution in [0.1, 0.15) is 33.4 Å². The number of methoxy groups -OCH3 is 1.